The summed E-state index contributed by atoms with van der Waals surface area (Å²) in [5, 5.41) is 11.4. The van der Waals surface area contributed by atoms with E-state index in [0.717, 1.165) is 6.42 Å². The fourth-order valence-electron chi connectivity index (χ4n) is 1.62. The number of hydrogen-bond acceptors (Lipinski definition) is 2. The van der Waals surface area contributed by atoms with Gasteiger partial charge in [0.1, 0.15) is 0 Å². The Labute approximate surface area is 71.0 Å². The molecule has 1 rings (SSSR count). The Hall–Kier alpha value is -1.06. The maximum absolute atomic E-state index is 10.6. The summed E-state index contributed by atoms with van der Waals surface area (Å²) in [5.74, 6) is -1.09. The molecule has 68 valence electrons. The van der Waals surface area contributed by atoms with Gasteiger partial charge in [-0.1, -0.05) is 0 Å². The first-order valence-electron chi connectivity index (χ1n) is 4.09. The van der Waals surface area contributed by atoms with E-state index in [1.165, 1.54) is 6.92 Å². The van der Waals surface area contributed by atoms with Crippen LogP contribution in [0.2, 0.25) is 0 Å². The van der Waals surface area contributed by atoms with E-state index in [4.69, 9.17) is 5.11 Å². The van der Waals surface area contributed by atoms with Gasteiger partial charge in [-0.25, -0.2) is 0 Å². The summed E-state index contributed by atoms with van der Waals surface area (Å²) >= 11 is 0. The molecule has 1 aliphatic rings. The number of carbonyl (C=O) groups is 2. The van der Waals surface area contributed by atoms with Crippen LogP contribution in [-0.4, -0.2) is 23.0 Å². The lowest BCUT2D eigenvalue weighted by Gasteiger charge is -2.09. The highest BCUT2D eigenvalue weighted by Crippen LogP contribution is 2.25. The van der Waals surface area contributed by atoms with Gasteiger partial charge in [-0.05, 0) is 19.3 Å². The number of rotatable bonds is 2. The van der Waals surface area contributed by atoms with Crippen molar-refractivity contribution in [3.05, 3.63) is 0 Å². The molecule has 4 heteroatoms. The lowest BCUT2D eigenvalue weighted by atomic mass is 10.1. The molecule has 1 amide bonds. The fourth-order valence-corrected chi connectivity index (χ4v) is 1.62. The van der Waals surface area contributed by atoms with Crippen molar-refractivity contribution in [2.24, 2.45) is 5.92 Å². The fraction of sp³-hybridized carbons (Fsp3) is 0.750. The van der Waals surface area contributed by atoms with Crippen molar-refractivity contribution in [1.82, 2.24) is 5.32 Å². The molecule has 2 atom stereocenters. The maximum Gasteiger partial charge on any atom is 0.306 e. The third-order valence-corrected chi connectivity index (χ3v) is 2.19. The smallest absolute Gasteiger partial charge is 0.306 e. The highest BCUT2D eigenvalue weighted by molar-refractivity contribution is 5.74. The van der Waals surface area contributed by atoms with Crippen molar-refractivity contribution in [1.29, 1.82) is 0 Å². The maximum atomic E-state index is 10.6. The van der Waals surface area contributed by atoms with E-state index in [0.29, 0.717) is 12.8 Å². The second kappa shape index (κ2) is 3.56. The molecule has 0 heterocycles. The van der Waals surface area contributed by atoms with E-state index in [-0.39, 0.29) is 17.9 Å². The third-order valence-electron chi connectivity index (χ3n) is 2.19. The lowest BCUT2D eigenvalue weighted by molar-refractivity contribution is -0.141. The van der Waals surface area contributed by atoms with E-state index in [2.05, 4.69) is 5.32 Å². The monoisotopic (exact) mass is 171 g/mol. The van der Waals surface area contributed by atoms with Crippen LogP contribution in [0, 0.1) is 5.92 Å². The average Bonchev–Trinajstić information content (AvgIpc) is 2.34. The SMILES string of the molecule is CC(=O)N[C@@H]1CC[C@H](C(=O)O)C1. The number of aliphatic carboxylic acids is 1. The summed E-state index contributed by atoms with van der Waals surface area (Å²) in [6, 6.07) is 0.0728. The van der Waals surface area contributed by atoms with Gasteiger partial charge in [0.2, 0.25) is 5.91 Å². The predicted octanol–water partition coefficient (Wildman–Crippen LogP) is 0.376. The number of carboxylic acids is 1. The van der Waals surface area contributed by atoms with Crippen LogP contribution in [0.5, 0.6) is 0 Å². The molecule has 0 aromatic heterocycles. The van der Waals surface area contributed by atoms with Gasteiger partial charge in [-0.15, -0.1) is 0 Å². The van der Waals surface area contributed by atoms with Crippen LogP contribution in [0.15, 0.2) is 0 Å². The standard InChI is InChI=1S/C8H13NO3/c1-5(10)9-7-3-2-6(4-7)8(11)12/h6-7H,2-4H2,1H3,(H,9,10)(H,11,12)/t6-,7+/m0/s1. The first kappa shape index (κ1) is 9.03. The molecule has 4 nitrogen and oxygen atoms in total. The summed E-state index contributed by atoms with van der Waals surface area (Å²) in [5.41, 5.74) is 0. The summed E-state index contributed by atoms with van der Waals surface area (Å²) in [4.78, 5) is 21.1. The largest absolute Gasteiger partial charge is 0.481 e. The van der Waals surface area contributed by atoms with Crippen LogP contribution in [0.3, 0.4) is 0 Å². The number of carboxylic acid groups (broad SMARTS) is 1. The van der Waals surface area contributed by atoms with E-state index in [1.54, 1.807) is 0 Å². The van der Waals surface area contributed by atoms with Gasteiger partial charge in [0, 0.05) is 13.0 Å². The Kier molecular flexibility index (Phi) is 2.68. The van der Waals surface area contributed by atoms with Crippen molar-refractivity contribution in [3.8, 4) is 0 Å². The summed E-state index contributed by atoms with van der Waals surface area (Å²) < 4.78 is 0. The van der Waals surface area contributed by atoms with Gasteiger partial charge in [0.15, 0.2) is 0 Å². The minimum atomic E-state index is -0.747. The lowest BCUT2D eigenvalue weighted by Crippen LogP contribution is -2.31. The minimum absolute atomic E-state index is 0.0728. The van der Waals surface area contributed by atoms with Gasteiger partial charge in [-0.2, -0.15) is 0 Å². The summed E-state index contributed by atoms with van der Waals surface area (Å²) in [6.07, 6.45) is 2.05. The average molecular weight is 171 g/mol. The van der Waals surface area contributed by atoms with Gasteiger partial charge in [0.25, 0.3) is 0 Å². The summed E-state index contributed by atoms with van der Waals surface area (Å²) in [7, 11) is 0. The molecule has 0 aliphatic heterocycles. The molecule has 1 saturated carbocycles. The number of hydrogen-bond donors (Lipinski definition) is 2. The van der Waals surface area contributed by atoms with Crippen LogP contribution in [0.25, 0.3) is 0 Å². The van der Waals surface area contributed by atoms with Gasteiger partial charge < -0.3 is 10.4 Å². The summed E-state index contributed by atoms with van der Waals surface area (Å²) in [6.45, 7) is 1.45. The highest BCUT2D eigenvalue weighted by Gasteiger charge is 2.29. The van der Waals surface area contributed by atoms with Crippen LogP contribution in [0.1, 0.15) is 26.2 Å². The van der Waals surface area contributed by atoms with E-state index < -0.39 is 5.97 Å². The van der Waals surface area contributed by atoms with Crippen molar-refractivity contribution in [3.63, 3.8) is 0 Å². The number of carbonyl (C=O) groups excluding carboxylic acids is 1. The first-order valence-corrected chi connectivity index (χ1v) is 4.09. The van der Waals surface area contributed by atoms with E-state index in [9.17, 15) is 9.59 Å². The third kappa shape index (κ3) is 2.22. The zero-order chi connectivity index (χ0) is 9.14. The second-order valence-electron chi connectivity index (χ2n) is 3.25. The molecule has 2 N–H and O–H groups in total. The molecule has 1 fully saturated rings. The molecule has 0 aromatic rings. The van der Waals surface area contributed by atoms with Crippen molar-refractivity contribution in [2.45, 2.75) is 32.2 Å². The zero-order valence-electron chi connectivity index (χ0n) is 7.04. The van der Waals surface area contributed by atoms with Crippen molar-refractivity contribution < 1.29 is 14.7 Å². The van der Waals surface area contributed by atoms with E-state index >= 15 is 0 Å². The molecule has 0 radical (unpaired) electrons. The molecule has 0 saturated heterocycles. The Morgan fingerprint density at radius 1 is 1.42 bits per heavy atom. The molecule has 0 unspecified atom stereocenters. The van der Waals surface area contributed by atoms with Crippen molar-refractivity contribution >= 4 is 11.9 Å². The minimum Gasteiger partial charge on any atom is -0.481 e. The Balaban J connectivity index is 2.35. The Bertz CT molecular complexity index is 202. The molecular weight excluding hydrogens is 158 g/mol. The Morgan fingerprint density at radius 2 is 2.08 bits per heavy atom. The first-order chi connectivity index (χ1) is 5.59. The topological polar surface area (TPSA) is 66.4 Å². The molecular formula is C8H13NO3. The van der Waals surface area contributed by atoms with Gasteiger partial charge in [0.05, 0.1) is 5.92 Å². The molecule has 0 bridgehead atoms. The molecule has 0 aromatic carbocycles. The molecule has 0 spiro atoms. The van der Waals surface area contributed by atoms with Crippen LogP contribution < -0.4 is 5.32 Å². The zero-order valence-corrected chi connectivity index (χ0v) is 7.04. The highest BCUT2D eigenvalue weighted by atomic mass is 16.4. The molecule has 12 heavy (non-hydrogen) atoms. The quantitative estimate of drug-likeness (QED) is 0.631. The number of nitrogens with one attached hydrogen (secondary N) is 1. The van der Waals surface area contributed by atoms with Gasteiger partial charge >= 0.3 is 5.97 Å². The second-order valence-corrected chi connectivity index (χ2v) is 3.25. The van der Waals surface area contributed by atoms with E-state index in [1.807, 2.05) is 0 Å². The van der Waals surface area contributed by atoms with Crippen LogP contribution in [-0.2, 0) is 9.59 Å². The van der Waals surface area contributed by atoms with Crippen LogP contribution >= 0.6 is 0 Å². The molecule has 1 aliphatic carbocycles. The number of amides is 1. The van der Waals surface area contributed by atoms with Crippen LogP contribution in [0.4, 0.5) is 0 Å². The Morgan fingerprint density at radius 3 is 2.50 bits per heavy atom. The van der Waals surface area contributed by atoms with Crippen molar-refractivity contribution in [2.75, 3.05) is 0 Å². The normalized spacial score (nSPS) is 28.4. The predicted molar refractivity (Wildman–Crippen MR) is 42.6 cm³/mol. The van der Waals surface area contributed by atoms with Gasteiger partial charge in [-0.3, -0.25) is 9.59 Å².